The topological polar surface area (TPSA) is 78.8 Å². The van der Waals surface area contributed by atoms with Crippen LogP contribution < -0.4 is 10.1 Å². The average Bonchev–Trinajstić information content (AvgIpc) is 2.40. The van der Waals surface area contributed by atoms with E-state index in [0.717, 1.165) is 0 Å². The summed E-state index contributed by atoms with van der Waals surface area (Å²) in [6.45, 7) is -2.17. The van der Waals surface area contributed by atoms with Crippen LogP contribution in [0.2, 0.25) is 0 Å². The van der Waals surface area contributed by atoms with Gasteiger partial charge in [0.25, 0.3) is 0 Å². The van der Waals surface area contributed by atoms with Gasteiger partial charge in [-0.2, -0.15) is 8.78 Å². The van der Waals surface area contributed by atoms with Crippen molar-refractivity contribution in [3.63, 3.8) is 0 Å². The Bertz CT molecular complexity index is 433. The van der Waals surface area contributed by atoms with Gasteiger partial charge in [-0.1, -0.05) is 12.1 Å². The van der Waals surface area contributed by atoms with Crippen molar-refractivity contribution in [3.05, 3.63) is 29.8 Å². The van der Waals surface area contributed by atoms with Crippen LogP contribution in [0.25, 0.3) is 0 Å². The molecule has 0 saturated carbocycles. The molecule has 0 aliphatic heterocycles. The van der Waals surface area contributed by atoms with Crippen LogP contribution in [0.5, 0.6) is 5.75 Å². The molecule has 0 spiro atoms. The first-order valence-corrected chi connectivity index (χ1v) is 5.95. The van der Waals surface area contributed by atoms with E-state index in [1.807, 2.05) is 0 Å². The minimum atomic E-state index is -2.89. The number of aliphatic hydroxyl groups is 2. The SMILES string of the molecule is CC(CO)(CO)NC(=O)Cc1ccc(OC(F)F)cc1. The summed E-state index contributed by atoms with van der Waals surface area (Å²) in [5.41, 5.74) is -0.488. The number of benzene rings is 1. The van der Waals surface area contributed by atoms with Crippen molar-refractivity contribution in [2.45, 2.75) is 25.5 Å². The van der Waals surface area contributed by atoms with E-state index in [4.69, 9.17) is 10.2 Å². The Hall–Kier alpha value is -1.73. The summed E-state index contributed by atoms with van der Waals surface area (Å²) >= 11 is 0. The molecule has 0 heterocycles. The summed E-state index contributed by atoms with van der Waals surface area (Å²) in [4.78, 5) is 11.7. The van der Waals surface area contributed by atoms with Gasteiger partial charge in [-0.05, 0) is 24.6 Å². The summed E-state index contributed by atoms with van der Waals surface area (Å²) < 4.78 is 28.1. The second kappa shape index (κ2) is 7.16. The maximum Gasteiger partial charge on any atom is 0.387 e. The molecular formula is C13H17F2NO4. The third-order valence-corrected chi connectivity index (χ3v) is 2.65. The molecule has 0 bridgehead atoms. The van der Waals surface area contributed by atoms with E-state index in [0.29, 0.717) is 5.56 Å². The van der Waals surface area contributed by atoms with Gasteiger partial charge < -0.3 is 20.3 Å². The zero-order valence-corrected chi connectivity index (χ0v) is 11.0. The van der Waals surface area contributed by atoms with Gasteiger partial charge in [-0.3, -0.25) is 4.79 Å². The van der Waals surface area contributed by atoms with Crippen molar-refractivity contribution < 1.29 is 28.5 Å². The van der Waals surface area contributed by atoms with Crippen molar-refractivity contribution in [1.29, 1.82) is 0 Å². The number of halogens is 2. The molecule has 112 valence electrons. The second-order valence-electron chi connectivity index (χ2n) is 4.62. The number of ether oxygens (including phenoxy) is 1. The lowest BCUT2D eigenvalue weighted by atomic mass is 10.0. The lowest BCUT2D eigenvalue weighted by molar-refractivity contribution is -0.123. The van der Waals surface area contributed by atoms with Crippen molar-refractivity contribution in [3.8, 4) is 5.75 Å². The minimum absolute atomic E-state index is 0.00451. The van der Waals surface area contributed by atoms with Crippen LogP contribution in [0.4, 0.5) is 8.78 Å². The first kappa shape index (κ1) is 16.3. The fourth-order valence-electron chi connectivity index (χ4n) is 1.48. The molecule has 0 radical (unpaired) electrons. The van der Waals surface area contributed by atoms with E-state index in [9.17, 15) is 13.6 Å². The molecule has 0 aliphatic rings. The quantitative estimate of drug-likeness (QED) is 0.690. The van der Waals surface area contributed by atoms with E-state index in [2.05, 4.69) is 10.1 Å². The average molecular weight is 289 g/mol. The fourth-order valence-corrected chi connectivity index (χ4v) is 1.48. The van der Waals surface area contributed by atoms with Crippen molar-refractivity contribution in [1.82, 2.24) is 5.32 Å². The maximum atomic E-state index is 12.0. The fraction of sp³-hybridized carbons (Fsp3) is 0.462. The molecule has 0 atom stereocenters. The van der Waals surface area contributed by atoms with Gasteiger partial charge in [0, 0.05) is 0 Å². The summed E-state index contributed by atoms with van der Waals surface area (Å²) in [6.07, 6.45) is 0.00451. The van der Waals surface area contributed by atoms with Crippen LogP contribution in [-0.4, -0.2) is 41.5 Å². The van der Waals surface area contributed by atoms with Crippen LogP contribution in [0, 0.1) is 0 Å². The van der Waals surface area contributed by atoms with Crippen LogP contribution in [-0.2, 0) is 11.2 Å². The molecule has 0 fully saturated rings. The number of hydrogen-bond donors (Lipinski definition) is 3. The number of aliphatic hydroxyl groups excluding tert-OH is 2. The van der Waals surface area contributed by atoms with Gasteiger partial charge in [0.05, 0.1) is 25.2 Å². The van der Waals surface area contributed by atoms with Crippen molar-refractivity contribution in [2.24, 2.45) is 0 Å². The number of amides is 1. The number of hydrogen-bond acceptors (Lipinski definition) is 4. The van der Waals surface area contributed by atoms with Gasteiger partial charge in [0.2, 0.25) is 5.91 Å². The van der Waals surface area contributed by atoms with Gasteiger partial charge >= 0.3 is 6.61 Å². The molecule has 0 aromatic heterocycles. The third-order valence-electron chi connectivity index (χ3n) is 2.65. The first-order valence-electron chi connectivity index (χ1n) is 5.95. The van der Waals surface area contributed by atoms with Crippen LogP contribution in [0.15, 0.2) is 24.3 Å². The Balaban J connectivity index is 2.58. The highest BCUT2D eigenvalue weighted by atomic mass is 19.3. The standard InChI is InChI=1S/C13H17F2NO4/c1-13(7-17,8-18)16-11(19)6-9-2-4-10(5-3-9)20-12(14)15/h2-5,12,17-18H,6-8H2,1H3,(H,16,19). The molecule has 1 rings (SSSR count). The Kier molecular flexibility index (Phi) is 5.84. The Morgan fingerprint density at radius 3 is 2.30 bits per heavy atom. The summed E-state index contributed by atoms with van der Waals surface area (Å²) in [5.74, 6) is -0.377. The zero-order chi connectivity index (χ0) is 15.2. The molecule has 0 unspecified atom stereocenters. The minimum Gasteiger partial charge on any atom is -0.435 e. The van der Waals surface area contributed by atoms with E-state index in [1.54, 1.807) is 0 Å². The molecule has 3 N–H and O–H groups in total. The number of alkyl halides is 2. The highest BCUT2D eigenvalue weighted by Crippen LogP contribution is 2.15. The predicted molar refractivity (Wildman–Crippen MR) is 67.5 cm³/mol. The third kappa shape index (κ3) is 5.10. The maximum absolute atomic E-state index is 12.0. The number of carbonyl (C=O) groups excluding carboxylic acids is 1. The predicted octanol–water partition coefficient (Wildman–Crippen LogP) is 0.690. The first-order chi connectivity index (χ1) is 9.38. The second-order valence-corrected chi connectivity index (χ2v) is 4.62. The van der Waals surface area contributed by atoms with E-state index < -0.39 is 31.3 Å². The molecular weight excluding hydrogens is 272 g/mol. The number of nitrogens with one attached hydrogen (secondary N) is 1. The van der Waals surface area contributed by atoms with E-state index in [-0.39, 0.29) is 12.2 Å². The van der Waals surface area contributed by atoms with Crippen LogP contribution in [0.3, 0.4) is 0 Å². The molecule has 1 aromatic carbocycles. The van der Waals surface area contributed by atoms with Gasteiger partial charge in [-0.15, -0.1) is 0 Å². The van der Waals surface area contributed by atoms with Crippen molar-refractivity contribution >= 4 is 5.91 Å². The molecule has 0 aliphatic carbocycles. The summed E-state index contributed by atoms with van der Waals surface area (Å²) in [7, 11) is 0. The molecule has 1 amide bonds. The van der Waals surface area contributed by atoms with E-state index >= 15 is 0 Å². The molecule has 1 aromatic rings. The summed E-state index contributed by atoms with van der Waals surface area (Å²) in [6, 6.07) is 5.66. The summed E-state index contributed by atoms with van der Waals surface area (Å²) in [5, 5.41) is 20.6. The number of carbonyl (C=O) groups is 1. The highest BCUT2D eigenvalue weighted by Gasteiger charge is 2.24. The van der Waals surface area contributed by atoms with Gasteiger partial charge in [-0.25, -0.2) is 0 Å². The van der Waals surface area contributed by atoms with Crippen molar-refractivity contribution in [2.75, 3.05) is 13.2 Å². The lowest BCUT2D eigenvalue weighted by Crippen LogP contribution is -2.52. The lowest BCUT2D eigenvalue weighted by Gasteiger charge is -2.26. The monoisotopic (exact) mass is 289 g/mol. The molecule has 0 saturated heterocycles. The Labute approximate surface area is 115 Å². The largest absolute Gasteiger partial charge is 0.435 e. The normalized spacial score (nSPS) is 11.5. The van der Waals surface area contributed by atoms with Crippen LogP contribution in [0.1, 0.15) is 12.5 Å². The van der Waals surface area contributed by atoms with Gasteiger partial charge in [0.15, 0.2) is 0 Å². The number of rotatable bonds is 7. The Morgan fingerprint density at radius 1 is 1.30 bits per heavy atom. The van der Waals surface area contributed by atoms with Gasteiger partial charge in [0.1, 0.15) is 5.75 Å². The molecule has 5 nitrogen and oxygen atoms in total. The zero-order valence-electron chi connectivity index (χ0n) is 11.0. The molecule has 20 heavy (non-hydrogen) atoms. The smallest absolute Gasteiger partial charge is 0.387 e. The van der Waals surface area contributed by atoms with Crippen LogP contribution >= 0.6 is 0 Å². The Morgan fingerprint density at radius 2 is 1.85 bits per heavy atom. The molecule has 7 heteroatoms. The highest BCUT2D eigenvalue weighted by molar-refractivity contribution is 5.79. The van der Waals surface area contributed by atoms with E-state index in [1.165, 1.54) is 31.2 Å².